The molecule has 1 saturated carbocycles. The van der Waals surface area contributed by atoms with Crippen LogP contribution in [-0.2, 0) is 5.54 Å². The molecule has 1 aliphatic carbocycles. The van der Waals surface area contributed by atoms with Crippen LogP contribution in [0.2, 0.25) is 0 Å². The molecule has 0 saturated heterocycles. The molecule has 0 unspecified atom stereocenters. The van der Waals surface area contributed by atoms with E-state index in [1.165, 1.54) is 0 Å². The van der Waals surface area contributed by atoms with Gasteiger partial charge in [0.15, 0.2) is 11.3 Å². The minimum Gasteiger partial charge on any atom is -0.390 e. The van der Waals surface area contributed by atoms with Crippen molar-refractivity contribution in [3.05, 3.63) is 78.4 Å². The molecular weight excluding hydrogens is 412 g/mol. The zero-order valence-corrected chi connectivity index (χ0v) is 18.5. The van der Waals surface area contributed by atoms with Crippen LogP contribution in [0.15, 0.2) is 67.1 Å². The molecule has 6 rings (SSSR count). The van der Waals surface area contributed by atoms with Crippen molar-refractivity contribution in [2.24, 2.45) is 5.73 Å². The molecule has 0 bridgehead atoms. The van der Waals surface area contributed by atoms with E-state index in [9.17, 15) is 5.11 Å². The quantitative estimate of drug-likeness (QED) is 0.443. The van der Waals surface area contributed by atoms with Crippen LogP contribution >= 0.6 is 0 Å². The van der Waals surface area contributed by atoms with Gasteiger partial charge in [0.05, 0.1) is 17.0 Å². The van der Waals surface area contributed by atoms with Crippen molar-refractivity contribution in [1.82, 2.24) is 24.6 Å². The summed E-state index contributed by atoms with van der Waals surface area (Å²) in [6, 6.07) is 16.2. The number of fused-ring (bicyclic) bond motifs is 3. The molecule has 0 aliphatic heterocycles. The van der Waals surface area contributed by atoms with Crippen molar-refractivity contribution < 1.29 is 5.11 Å². The smallest absolute Gasteiger partial charge is 0.165 e. The Labute approximate surface area is 191 Å². The van der Waals surface area contributed by atoms with Gasteiger partial charge >= 0.3 is 0 Å². The number of rotatable bonds is 3. The Balaban J connectivity index is 1.53. The van der Waals surface area contributed by atoms with Gasteiger partial charge in [-0.05, 0) is 44.4 Å². The Kier molecular flexibility index (Phi) is 4.18. The number of aromatic nitrogens is 5. The van der Waals surface area contributed by atoms with Gasteiger partial charge in [0.1, 0.15) is 0 Å². The Bertz CT molecular complexity index is 1500. The highest BCUT2D eigenvalue weighted by Crippen LogP contribution is 2.46. The highest BCUT2D eigenvalue weighted by atomic mass is 16.3. The number of nitrogens with zero attached hydrogens (tertiary/aromatic N) is 5. The minimum absolute atomic E-state index is 0.491. The predicted octanol–water partition coefficient (Wildman–Crippen LogP) is 4.01. The number of nitrogens with two attached hydrogens (primary N) is 1. The van der Waals surface area contributed by atoms with Gasteiger partial charge in [0.2, 0.25) is 0 Å². The maximum atomic E-state index is 10.2. The van der Waals surface area contributed by atoms with Crippen LogP contribution in [0, 0.1) is 6.92 Å². The number of pyridine rings is 2. The largest absolute Gasteiger partial charge is 0.390 e. The van der Waals surface area contributed by atoms with E-state index in [-0.39, 0.29) is 0 Å². The predicted molar refractivity (Wildman–Crippen MR) is 127 cm³/mol. The van der Waals surface area contributed by atoms with Crippen LogP contribution in [0.5, 0.6) is 0 Å². The standard InChI is InChI=1S/C26H24N6O/c1-16-10-22-29-13-19-11-21(18-4-3-9-28-12-18)23(30-24(19)32(22)31-16)17-5-7-20(8-6-17)26(27)14-25(2,33)15-26/h3-13,33H,14-15,27H2,1-2H3. The van der Waals surface area contributed by atoms with Gasteiger partial charge < -0.3 is 10.8 Å². The lowest BCUT2D eigenvalue weighted by Gasteiger charge is -2.49. The molecule has 1 aliphatic rings. The molecule has 7 nitrogen and oxygen atoms in total. The summed E-state index contributed by atoms with van der Waals surface area (Å²) in [5, 5.41) is 15.7. The van der Waals surface area contributed by atoms with Crippen LogP contribution in [0.1, 0.15) is 31.0 Å². The molecule has 0 spiro atoms. The van der Waals surface area contributed by atoms with Crippen molar-refractivity contribution in [1.29, 1.82) is 0 Å². The van der Waals surface area contributed by atoms with Gasteiger partial charge in [0, 0.05) is 52.3 Å². The van der Waals surface area contributed by atoms with Gasteiger partial charge in [-0.25, -0.2) is 9.97 Å². The van der Waals surface area contributed by atoms with Gasteiger partial charge in [-0.1, -0.05) is 30.3 Å². The highest BCUT2D eigenvalue weighted by molar-refractivity contribution is 5.90. The number of hydrogen-bond acceptors (Lipinski definition) is 6. The van der Waals surface area contributed by atoms with Crippen molar-refractivity contribution in [3.8, 4) is 22.4 Å². The van der Waals surface area contributed by atoms with Crippen LogP contribution < -0.4 is 5.73 Å². The third kappa shape index (κ3) is 3.28. The molecule has 1 fully saturated rings. The molecule has 4 aromatic heterocycles. The summed E-state index contributed by atoms with van der Waals surface area (Å²) in [6.45, 7) is 3.78. The fourth-order valence-corrected chi connectivity index (χ4v) is 5.09. The van der Waals surface area contributed by atoms with Crippen molar-refractivity contribution in [2.45, 2.75) is 37.8 Å². The molecule has 3 N–H and O–H groups in total. The molecule has 1 aromatic carbocycles. The molecule has 164 valence electrons. The first-order valence-electron chi connectivity index (χ1n) is 11.0. The lowest BCUT2D eigenvalue weighted by atomic mass is 9.63. The maximum absolute atomic E-state index is 10.2. The Hall–Kier alpha value is -3.68. The van der Waals surface area contributed by atoms with E-state index in [0.29, 0.717) is 12.8 Å². The zero-order valence-electron chi connectivity index (χ0n) is 18.5. The van der Waals surface area contributed by atoms with E-state index >= 15 is 0 Å². The third-order valence-corrected chi connectivity index (χ3v) is 6.48. The first-order valence-corrected chi connectivity index (χ1v) is 11.0. The third-order valence-electron chi connectivity index (χ3n) is 6.48. The molecular formula is C26H24N6O. The van der Waals surface area contributed by atoms with Crippen molar-refractivity contribution in [3.63, 3.8) is 0 Å². The molecule has 0 amide bonds. The van der Waals surface area contributed by atoms with E-state index in [1.54, 1.807) is 10.7 Å². The monoisotopic (exact) mass is 436 g/mol. The van der Waals surface area contributed by atoms with Crippen molar-refractivity contribution >= 4 is 16.7 Å². The summed E-state index contributed by atoms with van der Waals surface area (Å²) in [4.78, 5) is 13.9. The van der Waals surface area contributed by atoms with Gasteiger partial charge in [-0.3, -0.25) is 4.98 Å². The molecule has 5 aromatic rings. The lowest BCUT2D eigenvalue weighted by molar-refractivity contribution is -0.0738. The Morgan fingerprint density at radius 3 is 2.52 bits per heavy atom. The highest BCUT2D eigenvalue weighted by Gasteiger charge is 2.49. The van der Waals surface area contributed by atoms with Gasteiger partial charge in [-0.15, -0.1) is 0 Å². The second-order valence-corrected chi connectivity index (χ2v) is 9.44. The summed E-state index contributed by atoms with van der Waals surface area (Å²) < 4.78 is 1.79. The second kappa shape index (κ2) is 6.91. The Morgan fingerprint density at radius 1 is 1.03 bits per heavy atom. The molecule has 0 atom stereocenters. The fourth-order valence-electron chi connectivity index (χ4n) is 5.09. The van der Waals surface area contributed by atoms with E-state index < -0.39 is 11.1 Å². The summed E-state index contributed by atoms with van der Waals surface area (Å²) in [6.07, 6.45) is 6.55. The molecule has 7 heteroatoms. The zero-order chi connectivity index (χ0) is 22.8. The maximum Gasteiger partial charge on any atom is 0.165 e. The lowest BCUT2D eigenvalue weighted by Crippen LogP contribution is -2.58. The molecule has 33 heavy (non-hydrogen) atoms. The van der Waals surface area contributed by atoms with Crippen LogP contribution in [0.4, 0.5) is 0 Å². The SMILES string of the molecule is Cc1cc2ncc3cc(-c4cccnc4)c(-c4ccc(C5(N)CC(C)(O)C5)cc4)nc3n2n1. The topological polar surface area (TPSA) is 102 Å². The molecule has 0 radical (unpaired) electrons. The average Bonchev–Trinajstić information content (AvgIpc) is 3.18. The molecule has 4 heterocycles. The summed E-state index contributed by atoms with van der Waals surface area (Å²) in [7, 11) is 0. The first-order chi connectivity index (χ1) is 15.8. The number of benzene rings is 1. The summed E-state index contributed by atoms with van der Waals surface area (Å²) >= 11 is 0. The normalized spacial score (nSPS) is 22.5. The van der Waals surface area contributed by atoms with Crippen molar-refractivity contribution in [2.75, 3.05) is 0 Å². The minimum atomic E-state index is -0.692. The van der Waals surface area contributed by atoms with Crippen LogP contribution in [0.25, 0.3) is 39.1 Å². The van der Waals surface area contributed by atoms with E-state index in [0.717, 1.165) is 50.3 Å². The number of aliphatic hydroxyl groups is 1. The number of hydrogen-bond donors (Lipinski definition) is 2. The van der Waals surface area contributed by atoms with E-state index in [2.05, 4.69) is 33.3 Å². The van der Waals surface area contributed by atoms with Crippen LogP contribution in [-0.4, -0.2) is 35.3 Å². The second-order valence-electron chi connectivity index (χ2n) is 9.44. The average molecular weight is 437 g/mol. The van der Waals surface area contributed by atoms with E-state index in [1.807, 2.05) is 56.6 Å². The Morgan fingerprint density at radius 2 is 1.82 bits per heavy atom. The van der Waals surface area contributed by atoms with Crippen LogP contribution in [0.3, 0.4) is 0 Å². The fraction of sp³-hybridized carbons (Fsp3) is 0.231. The summed E-state index contributed by atoms with van der Waals surface area (Å²) in [5.74, 6) is 0. The van der Waals surface area contributed by atoms with E-state index in [4.69, 9.17) is 10.7 Å². The summed E-state index contributed by atoms with van der Waals surface area (Å²) in [5.41, 5.74) is 12.6. The van der Waals surface area contributed by atoms with Gasteiger partial charge in [0.25, 0.3) is 0 Å². The first kappa shape index (κ1) is 20.0. The van der Waals surface area contributed by atoms with Gasteiger partial charge in [-0.2, -0.15) is 9.61 Å². The number of aryl methyl sites for hydroxylation is 1.